The van der Waals surface area contributed by atoms with E-state index in [4.69, 9.17) is 5.73 Å². The number of aromatic nitrogens is 3. The van der Waals surface area contributed by atoms with Gasteiger partial charge >= 0.3 is 0 Å². The van der Waals surface area contributed by atoms with Crippen LogP contribution >= 0.6 is 0 Å². The molecule has 0 aliphatic heterocycles. The molecule has 4 nitrogen and oxygen atoms in total. The summed E-state index contributed by atoms with van der Waals surface area (Å²) in [5, 5.41) is 7.57. The Balaban J connectivity index is 2.22. The van der Waals surface area contributed by atoms with E-state index in [1.807, 2.05) is 25.1 Å². The largest absolute Gasteiger partial charge is 0.325 e. The van der Waals surface area contributed by atoms with Gasteiger partial charge < -0.3 is 5.73 Å². The van der Waals surface area contributed by atoms with Gasteiger partial charge in [0.2, 0.25) is 0 Å². The van der Waals surface area contributed by atoms with Gasteiger partial charge in [0.15, 0.2) is 0 Å². The van der Waals surface area contributed by atoms with Crippen LogP contribution in [-0.4, -0.2) is 15.2 Å². The van der Waals surface area contributed by atoms with Gasteiger partial charge in [0.25, 0.3) is 0 Å². The van der Waals surface area contributed by atoms with E-state index in [1.54, 1.807) is 6.20 Å². The minimum absolute atomic E-state index is 0.411. The van der Waals surface area contributed by atoms with Crippen molar-refractivity contribution >= 4 is 0 Å². The molecule has 0 spiro atoms. The minimum Gasteiger partial charge on any atom is -0.325 e. The van der Waals surface area contributed by atoms with Crippen LogP contribution in [0.1, 0.15) is 17.0 Å². The Hall–Kier alpha value is -2.46. The van der Waals surface area contributed by atoms with Gasteiger partial charge in [0.1, 0.15) is 5.69 Å². The highest BCUT2D eigenvalue weighted by Crippen LogP contribution is 2.34. The van der Waals surface area contributed by atoms with Crippen LogP contribution in [0.3, 0.4) is 0 Å². The predicted molar refractivity (Wildman–Crippen MR) is 84.6 cm³/mol. The molecular formula is C17H18N4. The Kier molecular flexibility index (Phi) is 3.54. The van der Waals surface area contributed by atoms with E-state index in [0.29, 0.717) is 6.54 Å². The van der Waals surface area contributed by atoms with Crippen molar-refractivity contribution < 1.29 is 0 Å². The van der Waals surface area contributed by atoms with Gasteiger partial charge in [-0.25, -0.2) is 0 Å². The topological polar surface area (TPSA) is 67.6 Å². The monoisotopic (exact) mass is 278 g/mol. The summed E-state index contributed by atoms with van der Waals surface area (Å²) in [5.41, 5.74) is 13.1. The third-order valence-corrected chi connectivity index (χ3v) is 3.59. The summed E-state index contributed by atoms with van der Waals surface area (Å²) in [5.74, 6) is 0. The number of hydrogen-bond donors (Lipinski definition) is 2. The maximum atomic E-state index is 5.83. The number of benzene rings is 1. The molecule has 0 saturated carbocycles. The first-order valence-corrected chi connectivity index (χ1v) is 6.97. The Bertz CT molecular complexity index is 774. The highest BCUT2D eigenvalue weighted by molar-refractivity contribution is 5.83. The average Bonchev–Trinajstić information content (AvgIpc) is 2.89. The fourth-order valence-electron chi connectivity index (χ4n) is 2.59. The van der Waals surface area contributed by atoms with E-state index < -0.39 is 0 Å². The highest BCUT2D eigenvalue weighted by Gasteiger charge is 2.17. The highest BCUT2D eigenvalue weighted by atomic mass is 15.1. The molecule has 0 saturated heterocycles. The average molecular weight is 278 g/mol. The zero-order chi connectivity index (χ0) is 14.8. The van der Waals surface area contributed by atoms with E-state index in [0.717, 1.165) is 33.8 Å². The summed E-state index contributed by atoms with van der Waals surface area (Å²) in [4.78, 5) is 4.38. The van der Waals surface area contributed by atoms with Crippen LogP contribution in [0, 0.1) is 13.8 Å². The van der Waals surface area contributed by atoms with Crippen molar-refractivity contribution in [3.8, 4) is 22.4 Å². The number of H-pyrrole nitrogens is 1. The number of rotatable bonds is 3. The molecule has 106 valence electrons. The van der Waals surface area contributed by atoms with E-state index >= 15 is 0 Å². The summed E-state index contributed by atoms with van der Waals surface area (Å²) >= 11 is 0. The van der Waals surface area contributed by atoms with Crippen LogP contribution in [0.25, 0.3) is 22.4 Å². The van der Waals surface area contributed by atoms with Gasteiger partial charge in [0.05, 0.1) is 5.69 Å². The number of aryl methyl sites for hydroxylation is 2. The predicted octanol–water partition coefficient (Wildman–Crippen LogP) is 3.21. The normalized spacial score (nSPS) is 10.8. The van der Waals surface area contributed by atoms with E-state index in [1.165, 1.54) is 5.56 Å². The van der Waals surface area contributed by atoms with Crippen molar-refractivity contribution in [2.24, 2.45) is 5.73 Å². The van der Waals surface area contributed by atoms with Gasteiger partial charge in [-0.05, 0) is 26.0 Å². The van der Waals surface area contributed by atoms with E-state index in [2.05, 4.69) is 40.3 Å². The number of nitrogens with two attached hydrogens (primary N) is 1. The lowest BCUT2D eigenvalue weighted by molar-refractivity contribution is 0.993. The second-order valence-electron chi connectivity index (χ2n) is 5.14. The molecule has 0 aliphatic rings. The molecule has 0 aliphatic carbocycles. The Morgan fingerprint density at radius 3 is 2.76 bits per heavy atom. The first-order chi connectivity index (χ1) is 10.2. The molecule has 4 heteroatoms. The van der Waals surface area contributed by atoms with Crippen LogP contribution < -0.4 is 5.73 Å². The standard InChI is InChI=1S/C17H18N4/c1-11-5-3-6-13(9-11)17-16(12(2)20-21-17)14-7-4-8-19-15(14)10-18/h3-9H,10,18H2,1-2H3,(H,20,21). The Morgan fingerprint density at radius 2 is 2.00 bits per heavy atom. The molecule has 0 unspecified atom stereocenters. The lowest BCUT2D eigenvalue weighted by atomic mass is 9.97. The van der Waals surface area contributed by atoms with Crippen LogP contribution in [0.2, 0.25) is 0 Å². The molecule has 0 bridgehead atoms. The van der Waals surface area contributed by atoms with Gasteiger partial charge in [-0.2, -0.15) is 5.10 Å². The molecule has 0 amide bonds. The van der Waals surface area contributed by atoms with Crippen LogP contribution in [0.15, 0.2) is 42.6 Å². The molecule has 2 heterocycles. The number of aromatic amines is 1. The third kappa shape index (κ3) is 2.45. The molecule has 3 N–H and O–H groups in total. The smallest absolute Gasteiger partial charge is 0.100 e. The summed E-state index contributed by atoms with van der Waals surface area (Å²) in [6.45, 7) is 4.51. The van der Waals surface area contributed by atoms with Crippen molar-refractivity contribution in [2.45, 2.75) is 20.4 Å². The second-order valence-corrected chi connectivity index (χ2v) is 5.14. The second kappa shape index (κ2) is 5.50. The number of nitrogens with one attached hydrogen (secondary N) is 1. The van der Waals surface area contributed by atoms with Gasteiger partial charge in [-0.3, -0.25) is 10.1 Å². The van der Waals surface area contributed by atoms with Crippen LogP contribution in [0.5, 0.6) is 0 Å². The molecule has 3 aromatic rings. The fourth-order valence-corrected chi connectivity index (χ4v) is 2.59. The fraction of sp³-hybridized carbons (Fsp3) is 0.176. The molecular weight excluding hydrogens is 260 g/mol. The van der Waals surface area contributed by atoms with Crippen LogP contribution in [0.4, 0.5) is 0 Å². The molecule has 0 atom stereocenters. The number of nitrogens with zero attached hydrogens (tertiary/aromatic N) is 2. The zero-order valence-corrected chi connectivity index (χ0v) is 12.2. The number of hydrogen-bond acceptors (Lipinski definition) is 3. The molecule has 1 aromatic carbocycles. The van der Waals surface area contributed by atoms with Crippen molar-refractivity contribution in [3.05, 3.63) is 59.5 Å². The quantitative estimate of drug-likeness (QED) is 0.773. The summed E-state index contributed by atoms with van der Waals surface area (Å²) in [6.07, 6.45) is 1.77. The Labute approximate surface area is 124 Å². The Morgan fingerprint density at radius 1 is 1.14 bits per heavy atom. The molecule has 0 radical (unpaired) electrons. The molecule has 3 rings (SSSR count). The van der Waals surface area contributed by atoms with Gasteiger partial charge in [-0.1, -0.05) is 29.8 Å². The summed E-state index contributed by atoms with van der Waals surface area (Å²) < 4.78 is 0. The third-order valence-electron chi connectivity index (χ3n) is 3.59. The maximum Gasteiger partial charge on any atom is 0.100 e. The van der Waals surface area contributed by atoms with Crippen LogP contribution in [-0.2, 0) is 6.54 Å². The molecule has 2 aromatic heterocycles. The first kappa shape index (κ1) is 13.5. The maximum absolute atomic E-state index is 5.83. The summed E-state index contributed by atoms with van der Waals surface area (Å²) in [6, 6.07) is 12.3. The lowest BCUT2D eigenvalue weighted by Gasteiger charge is -2.09. The first-order valence-electron chi connectivity index (χ1n) is 6.97. The lowest BCUT2D eigenvalue weighted by Crippen LogP contribution is -2.02. The number of pyridine rings is 1. The van der Waals surface area contributed by atoms with Crippen molar-refractivity contribution in [3.63, 3.8) is 0 Å². The molecule has 0 fully saturated rings. The SMILES string of the molecule is Cc1cccc(-c2n[nH]c(C)c2-c2cccnc2CN)c1. The minimum atomic E-state index is 0.411. The van der Waals surface area contributed by atoms with Gasteiger partial charge in [-0.15, -0.1) is 0 Å². The summed E-state index contributed by atoms with van der Waals surface area (Å²) in [7, 11) is 0. The zero-order valence-electron chi connectivity index (χ0n) is 12.2. The van der Waals surface area contributed by atoms with Gasteiger partial charge in [0, 0.05) is 35.1 Å². The van der Waals surface area contributed by atoms with E-state index in [-0.39, 0.29) is 0 Å². The molecule has 21 heavy (non-hydrogen) atoms. The van der Waals surface area contributed by atoms with Crippen molar-refractivity contribution in [1.82, 2.24) is 15.2 Å². The van der Waals surface area contributed by atoms with Crippen molar-refractivity contribution in [1.29, 1.82) is 0 Å². The van der Waals surface area contributed by atoms with E-state index in [9.17, 15) is 0 Å². The van der Waals surface area contributed by atoms with Crippen molar-refractivity contribution in [2.75, 3.05) is 0 Å².